The molecule has 0 aliphatic heterocycles. The van der Waals surface area contributed by atoms with Gasteiger partial charge in [-0.05, 0) is 36.2 Å². The van der Waals surface area contributed by atoms with E-state index in [9.17, 15) is 9.59 Å². The Balaban J connectivity index is 2.10. The van der Waals surface area contributed by atoms with Gasteiger partial charge in [-0.25, -0.2) is 4.79 Å². The van der Waals surface area contributed by atoms with Gasteiger partial charge in [-0.2, -0.15) is 0 Å². The van der Waals surface area contributed by atoms with Crippen molar-refractivity contribution in [2.24, 2.45) is 0 Å². The van der Waals surface area contributed by atoms with Gasteiger partial charge in [0.2, 0.25) is 5.75 Å². The van der Waals surface area contributed by atoms with Gasteiger partial charge in [-0.15, -0.1) is 0 Å². The van der Waals surface area contributed by atoms with Crippen LogP contribution in [0.2, 0.25) is 0 Å². The van der Waals surface area contributed by atoms with Crippen molar-refractivity contribution in [3.05, 3.63) is 47.0 Å². The average Bonchev–Trinajstić information content (AvgIpc) is 2.72. The number of amides is 1. The number of rotatable bonds is 9. The second-order valence-electron chi connectivity index (χ2n) is 5.75. The van der Waals surface area contributed by atoms with Crippen molar-refractivity contribution in [2.75, 3.05) is 35.0 Å². The minimum atomic E-state index is -1.03. The number of methoxy groups -OCH3 is 4. The molecule has 0 unspecified atom stereocenters. The van der Waals surface area contributed by atoms with Crippen LogP contribution in [0.5, 0.6) is 23.0 Å². The van der Waals surface area contributed by atoms with Crippen LogP contribution in [-0.2, 0) is 6.42 Å². The van der Waals surface area contributed by atoms with Crippen LogP contribution in [-0.4, -0.2) is 52.0 Å². The third-order valence-corrected chi connectivity index (χ3v) is 4.14. The van der Waals surface area contributed by atoms with Crippen molar-refractivity contribution in [3.8, 4) is 23.0 Å². The average molecular weight is 389 g/mol. The number of hydrogen-bond acceptors (Lipinski definition) is 6. The van der Waals surface area contributed by atoms with Gasteiger partial charge in [0.1, 0.15) is 5.75 Å². The molecule has 0 bridgehead atoms. The molecule has 0 aromatic heterocycles. The van der Waals surface area contributed by atoms with E-state index in [1.54, 1.807) is 18.2 Å². The van der Waals surface area contributed by atoms with E-state index in [1.807, 2.05) is 0 Å². The molecule has 8 heteroatoms. The molecule has 2 N–H and O–H groups in total. The first-order valence-corrected chi connectivity index (χ1v) is 8.43. The lowest BCUT2D eigenvalue weighted by atomic mass is 10.1. The first kappa shape index (κ1) is 20.9. The third kappa shape index (κ3) is 4.64. The summed E-state index contributed by atoms with van der Waals surface area (Å²) in [6, 6.07) is 7.77. The summed E-state index contributed by atoms with van der Waals surface area (Å²) in [6.45, 7) is 0.332. The van der Waals surface area contributed by atoms with Crippen molar-refractivity contribution in [2.45, 2.75) is 6.42 Å². The van der Waals surface area contributed by atoms with Crippen LogP contribution in [0.4, 0.5) is 0 Å². The van der Waals surface area contributed by atoms with E-state index in [2.05, 4.69) is 5.32 Å². The van der Waals surface area contributed by atoms with Crippen LogP contribution < -0.4 is 24.3 Å². The number of hydrogen-bond donors (Lipinski definition) is 2. The maximum Gasteiger partial charge on any atom is 0.335 e. The highest BCUT2D eigenvalue weighted by molar-refractivity contribution is 5.95. The predicted octanol–water partition coefficient (Wildman–Crippen LogP) is 2.39. The van der Waals surface area contributed by atoms with Gasteiger partial charge >= 0.3 is 5.97 Å². The number of carbonyl (C=O) groups excluding carboxylic acids is 1. The molecule has 0 atom stereocenters. The number of ether oxygens (including phenoxy) is 4. The van der Waals surface area contributed by atoms with Crippen molar-refractivity contribution < 1.29 is 33.6 Å². The smallest absolute Gasteiger partial charge is 0.335 e. The molecular formula is C20H23NO7. The Morgan fingerprint density at radius 3 is 1.93 bits per heavy atom. The lowest BCUT2D eigenvalue weighted by molar-refractivity contribution is 0.0696. The molecule has 0 saturated carbocycles. The van der Waals surface area contributed by atoms with Gasteiger partial charge in [-0.1, -0.05) is 6.07 Å². The normalized spacial score (nSPS) is 10.1. The molecule has 2 aromatic rings. The summed E-state index contributed by atoms with van der Waals surface area (Å²) in [6.07, 6.45) is 0.471. The van der Waals surface area contributed by atoms with Crippen LogP contribution in [0, 0.1) is 0 Å². The Hall–Kier alpha value is -3.42. The highest BCUT2D eigenvalue weighted by Gasteiger charge is 2.17. The molecule has 150 valence electrons. The highest BCUT2D eigenvalue weighted by Crippen LogP contribution is 2.38. The van der Waals surface area contributed by atoms with Gasteiger partial charge in [-0.3, -0.25) is 4.79 Å². The molecule has 0 spiro atoms. The van der Waals surface area contributed by atoms with Crippen LogP contribution in [0.25, 0.3) is 0 Å². The first-order chi connectivity index (χ1) is 13.4. The fourth-order valence-corrected chi connectivity index (χ4v) is 2.71. The monoisotopic (exact) mass is 389 g/mol. The summed E-state index contributed by atoms with van der Waals surface area (Å²) < 4.78 is 21.0. The van der Waals surface area contributed by atoms with Crippen molar-refractivity contribution >= 4 is 11.9 Å². The second-order valence-corrected chi connectivity index (χ2v) is 5.75. The zero-order valence-electron chi connectivity index (χ0n) is 16.2. The molecule has 0 saturated heterocycles. The molecule has 28 heavy (non-hydrogen) atoms. The number of carboxylic acid groups (broad SMARTS) is 1. The van der Waals surface area contributed by atoms with Gasteiger partial charge < -0.3 is 29.4 Å². The Kier molecular flexibility index (Phi) is 7.08. The summed E-state index contributed by atoms with van der Waals surface area (Å²) in [7, 11) is 5.92. The molecule has 0 aliphatic rings. The molecule has 0 aliphatic carbocycles. The van der Waals surface area contributed by atoms with Crippen molar-refractivity contribution in [3.63, 3.8) is 0 Å². The summed E-state index contributed by atoms with van der Waals surface area (Å²) in [4.78, 5) is 23.5. The van der Waals surface area contributed by atoms with Gasteiger partial charge in [0.15, 0.2) is 11.5 Å². The quantitative estimate of drug-likeness (QED) is 0.679. The summed E-state index contributed by atoms with van der Waals surface area (Å²) in [5, 5.41) is 11.9. The Bertz CT molecular complexity index is 839. The largest absolute Gasteiger partial charge is 0.496 e. The minimum Gasteiger partial charge on any atom is -0.496 e. The highest BCUT2D eigenvalue weighted by atomic mass is 16.5. The maximum absolute atomic E-state index is 12.5. The van der Waals surface area contributed by atoms with Crippen LogP contribution in [0.1, 0.15) is 26.3 Å². The van der Waals surface area contributed by atoms with Crippen LogP contribution in [0.15, 0.2) is 30.3 Å². The van der Waals surface area contributed by atoms with E-state index in [0.717, 1.165) is 5.56 Å². The van der Waals surface area contributed by atoms with Gasteiger partial charge in [0, 0.05) is 12.1 Å². The second kappa shape index (κ2) is 9.50. The topological polar surface area (TPSA) is 103 Å². The van der Waals surface area contributed by atoms with Gasteiger partial charge in [0.05, 0.1) is 34.0 Å². The summed E-state index contributed by atoms with van der Waals surface area (Å²) in [5.41, 5.74) is 1.29. The molecule has 2 aromatic carbocycles. The third-order valence-electron chi connectivity index (χ3n) is 4.14. The standard InChI is InChI=1S/C20H23NO7/c1-25-15-9-13(20(23)24)6-5-12(15)7-8-21-19(22)14-10-16(26-2)18(28-4)17(11-14)27-3/h5-6,9-11H,7-8H2,1-4H3,(H,21,22)(H,23,24). The van der Waals surface area contributed by atoms with E-state index in [0.29, 0.717) is 41.5 Å². The molecule has 2 rings (SSSR count). The number of benzene rings is 2. The Labute approximate surface area is 163 Å². The molecule has 8 nitrogen and oxygen atoms in total. The Morgan fingerprint density at radius 1 is 0.857 bits per heavy atom. The number of nitrogens with one attached hydrogen (secondary N) is 1. The molecule has 0 radical (unpaired) electrons. The fraction of sp³-hybridized carbons (Fsp3) is 0.300. The van der Waals surface area contributed by atoms with E-state index >= 15 is 0 Å². The lowest BCUT2D eigenvalue weighted by Crippen LogP contribution is -2.26. The zero-order valence-corrected chi connectivity index (χ0v) is 16.2. The maximum atomic E-state index is 12.5. The Morgan fingerprint density at radius 2 is 1.43 bits per heavy atom. The SMILES string of the molecule is COc1cc(C(=O)O)ccc1CCNC(=O)c1cc(OC)c(OC)c(OC)c1. The predicted molar refractivity (Wildman–Crippen MR) is 102 cm³/mol. The molecule has 0 heterocycles. The van der Waals surface area contributed by atoms with E-state index in [-0.39, 0.29) is 11.5 Å². The number of carboxylic acids is 1. The van der Waals surface area contributed by atoms with E-state index in [1.165, 1.54) is 40.6 Å². The van der Waals surface area contributed by atoms with E-state index < -0.39 is 5.97 Å². The minimum absolute atomic E-state index is 0.141. The van der Waals surface area contributed by atoms with Crippen molar-refractivity contribution in [1.82, 2.24) is 5.32 Å². The molecular weight excluding hydrogens is 366 g/mol. The zero-order chi connectivity index (χ0) is 20.7. The van der Waals surface area contributed by atoms with Crippen LogP contribution >= 0.6 is 0 Å². The first-order valence-electron chi connectivity index (χ1n) is 8.43. The van der Waals surface area contributed by atoms with Gasteiger partial charge in [0.25, 0.3) is 5.91 Å². The van der Waals surface area contributed by atoms with Crippen molar-refractivity contribution in [1.29, 1.82) is 0 Å². The van der Waals surface area contributed by atoms with E-state index in [4.69, 9.17) is 24.1 Å². The number of aromatic carboxylic acids is 1. The molecule has 0 fully saturated rings. The van der Waals surface area contributed by atoms with Crippen LogP contribution in [0.3, 0.4) is 0 Å². The number of carbonyl (C=O) groups is 2. The fourth-order valence-electron chi connectivity index (χ4n) is 2.71. The summed E-state index contributed by atoms with van der Waals surface area (Å²) >= 11 is 0. The molecule has 1 amide bonds. The summed E-state index contributed by atoms with van der Waals surface area (Å²) in [5.74, 6) is 0.309. The lowest BCUT2D eigenvalue weighted by Gasteiger charge is -2.14.